The molecule has 0 spiro atoms. The molecule has 1 N–H and O–H groups in total. The van der Waals surface area contributed by atoms with Crippen LogP contribution >= 0.6 is 27.5 Å². The number of hydrogen-bond donors (Lipinski definition) is 1. The van der Waals surface area contributed by atoms with Crippen LogP contribution in [0.3, 0.4) is 0 Å². The molecule has 2 nitrogen and oxygen atoms in total. The minimum absolute atomic E-state index is 0.506. The molecule has 1 aromatic carbocycles. The second kappa shape index (κ2) is 5.81. The molecule has 0 bridgehead atoms. The van der Waals surface area contributed by atoms with Crippen molar-refractivity contribution in [1.82, 2.24) is 4.90 Å². The minimum Gasteiger partial charge on any atom is -0.381 e. The van der Waals surface area contributed by atoms with Gasteiger partial charge >= 0.3 is 0 Å². The third-order valence-electron chi connectivity index (χ3n) is 3.88. The zero-order valence-corrected chi connectivity index (χ0v) is 13.4. The fourth-order valence-corrected chi connectivity index (χ4v) is 3.08. The van der Waals surface area contributed by atoms with E-state index < -0.39 is 0 Å². The molecule has 3 unspecified atom stereocenters. The molecule has 0 saturated carbocycles. The molecule has 0 aliphatic carbocycles. The van der Waals surface area contributed by atoms with E-state index in [-0.39, 0.29) is 0 Å². The average molecular weight is 332 g/mol. The maximum atomic E-state index is 6.05. The number of rotatable bonds is 2. The Bertz CT molecular complexity index is 424. The van der Waals surface area contributed by atoms with E-state index in [0.29, 0.717) is 18.0 Å². The number of benzene rings is 1. The van der Waals surface area contributed by atoms with Gasteiger partial charge in [-0.3, -0.25) is 0 Å². The highest BCUT2D eigenvalue weighted by Gasteiger charge is 2.29. The Labute approximate surface area is 123 Å². The molecule has 3 atom stereocenters. The second-order valence-electron chi connectivity index (χ2n) is 5.38. The van der Waals surface area contributed by atoms with Crippen LogP contribution in [0, 0.1) is 5.92 Å². The summed E-state index contributed by atoms with van der Waals surface area (Å²) in [6.45, 7) is 5.73. The third kappa shape index (κ3) is 3.19. The van der Waals surface area contributed by atoms with Gasteiger partial charge < -0.3 is 10.2 Å². The monoisotopic (exact) mass is 330 g/mol. The summed E-state index contributed by atoms with van der Waals surface area (Å²) < 4.78 is 1.07. The van der Waals surface area contributed by atoms with Gasteiger partial charge in [0.1, 0.15) is 0 Å². The highest BCUT2D eigenvalue weighted by atomic mass is 79.9. The summed E-state index contributed by atoms with van der Waals surface area (Å²) in [5, 5.41) is 4.41. The van der Waals surface area contributed by atoms with Crippen LogP contribution < -0.4 is 5.32 Å². The molecule has 1 fully saturated rings. The lowest BCUT2D eigenvalue weighted by Crippen LogP contribution is -2.48. The Kier molecular flexibility index (Phi) is 4.57. The van der Waals surface area contributed by atoms with Crippen LogP contribution in [-0.4, -0.2) is 30.6 Å². The second-order valence-corrected chi connectivity index (χ2v) is 6.67. The van der Waals surface area contributed by atoms with E-state index in [2.05, 4.69) is 47.0 Å². The maximum absolute atomic E-state index is 6.05. The first-order chi connectivity index (χ1) is 8.47. The minimum atomic E-state index is 0.506. The number of hydrogen-bond acceptors (Lipinski definition) is 2. The number of nitrogens with one attached hydrogen (secondary N) is 1. The van der Waals surface area contributed by atoms with Crippen LogP contribution in [0.1, 0.15) is 20.3 Å². The molecule has 100 valence electrons. The van der Waals surface area contributed by atoms with E-state index >= 15 is 0 Å². The summed E-state index contributed by atoms with van der Waals surface area (Å²) in [4.78, 5) is 2.43. The van der Waals surface area contributed by atoms with Crippen LogP contribution in [0.5, 0.6) is 0 Å². The smallest absolute Gasteiger partial charge is 0.0501 e. The van der Waals surface area contributed by atoms with Crippen molar-refractivity contribution in [3.8, 4) is 0 Å². The molecule has 2 rings (SSSR count). The Morgan fingerprint density at radius 2 is 2.11 bits per heavy atom. The lowest BCUT2D eigenvalue weighted by atomic mass is 9.89. The van der Waals surface area contributed by atoms with Crippen molar-refractivity contribution in [3.05, 3.63) is 27.7 Å². The van der Waals surface area contributed by atoms with Gasteiger partial charge in [0.15, 0.2) is 0 Å². The van der Waals surface area contributed by atoms with Gasteiger partial charge in [0.05, 0.1) is 5.69 Å². The Balaban J connectivity index is 2.11. The van der Waals surface area contributed by atoms with Gasteiger partial charge in [-0.25, -0.2) is 0 Å². The van der Waals surface area contributed by atoms with E-state index in [0.717, 1.165) is 28.1 Å². The zero-order chi connectivity index (χ0) is 13.3. The average Bonchev–Trinajstić information content (AvgIpc) is 2.30. The molecule has 18 heavy (non-hydrogen) atoms. The SMILES string of the molecule is CC1CN(C)C(C)CC1Nc1cc(Cl)ccc1Br. The molecule has 0 aromatic heterocycles. The topological polar surface area (TPSA) is 15.3 Å². The number of likely N-dealkylation sites (tertiary alicyclic amines) is 1. The predicted molar refractivity (Wildman–Crippen MR) is 82.4 cm³/mol. The molecular weight excluding hydrogens is 312 g/mol. The highest BCUT2D eigenvalue weighted by molar-refractivity contribution is 9.10. The molecule has 1 heterocycles. The molecular formula is C14H20BrClN2. The summed E-state index contributed by atoms with van der Waals surface area (Å²) in [5.74, 6) is 0.636. The Morgan fingerprint density at radius 1 is 1.39 bits per heavy atom. The van der Waals surface area contributed by atoms with Crippen LogP contribution in [0.25, 0.3) is 0 Å². The first-order valence-electron chi connectivity index (χ1n) is 6.39. The summed E-state index contributed by atoms with van der Waals surface area (Å²) in [6, 6.07) is 7.01. The summed E-state index contributed by atoms with van der Waals surface area (Å²) in [6.07, 6.45) is 1.16. The van der Waals surface area contributed by atoms with E-state index in [4.69, 9.17) is 11.6 Å². The van der Waals surface area contributed by atoms with Crippen molar-refractivity contribution in [2.45, 2.75) is 32.4 Å². The fourth-order valence-electron chi connectivity index (χ4n) is 2.55. The number of piperidine rings is 1. The van der Waals surface area contributed by atoms with Crippen molar-refractivity contribution >= 4 is 33.2 Å². The lowest BCUT2D eigenvalue weighted by molar-refractivity contribution is 0.145. The molecule has 1 aliphatic rings. The molecule has 4 heteroatoms. The van der Waals surface area contributed by atoms with Crippen molar-refractivity contribution in [3.63, 3.8) is 0 Å². The summed E-state index contributed by atoms with van der Waals surface area (Å²) in [7, 11) is 2.20. The Morgan fingerprint density at radius 3 is 2.83 bits per heavy atom. The van der Waals surface area contributed by atoms with Gasteiger partial charge in [-0.15, -0.1) is 0 Å². The number of anilines is 1. The van der Waals surface area contributed by atoms with Gasteiger partial charge in [0.25, 0.3) is 0 Å². The Hall–Kier alpha value is -0.250. The molecule has 1 aromatic rings. The summed E-state index contributed by atoms with van der Waals surface area (Å²) in [5.41, 5.74) is 1.09. The standard InChI is InChI=1S/C14H20BrClN2/c1-9-8-18(3)10(2)6-13(9)17-14-7-11(16)4-5-12(14)15/h4-5,7,9-10,13,17H,6,8H2,1-3H3. The van der Waals surface area contributed by atoms with Crippen molar-refractivity contribution in [2.75, 3.05) is 18.9 Å². The first kappa shape index (κ1) is 14.2. The van der Waals surface area contributed by atoms with Crippen LogP contribution in [0.4, 0.5) is 5.69 Å². The first-order valence-corrected chi connectivity index (χ1v) is 7.56. The van der Waals surface area contributed by atoms with E-state index in [1.165, 1.54) is 0 Å². The molecule has 0 amide bonds. The largest absolute Gasteiger partial charge is 0.381 e. The van der Waals surface area contributed by atoms with Crippen LogP contribution in [0.15, 0.2) is 22.7 Å². The van der Waals surface area contributed by atoms with E-state index in [1.54, 1.807) is 0 Å². The van der Waals surface area contributed by atoms with Gasteiger partial charge in [0, 0.05) is 28.1 Å². The van der Waals surface area contributed by atoms with Gasteiger partial charge in [-0.1, -0.05) is 18.5 Å². The number of nitrogens with zero attached hydrogens (tertiary/aromatic N) is 1. The predicted octanol–water partition coefficient (Wildman–Crippen LogP) is 4.24. The molecule has 0 radical (unpaired) electrons. The number of halogens is 2. The van der Waals surface area contributed by atoms with Gasteiger partial charge in [-0.2, -0.15) is 0 Å². The highest BCUT2D eigenvalue weighted by Crippen LogP contribution is 2.30. The summed E-state index contributed by atoms with van der Waals surface area (Å²) >= 11 is 9.63. The normalized spacial score (nSPS) is 29.3. The van der Waals surface area contributed by atoms with Crippen LogP contribution in [-0.2, 0) is 0 Å². The van der Waals surface area contributed by atoms with Crippen molar-refractivity contribution in [1.29, 1.82) is 0 Å². The quantitative estimate of drug-likeness (QED) is 0.872. The van der Waals surface area contributed by atoms with Crippen molar-refractivity contribution < 1.29 is 0 Å². The lowest BCUT2D eigenvalue weighted by Gasteiger charge is -2.40. The zero-order valence-electron chi connectivity index (χ0n) is 11.1. The fraction of sp³-hybridized carbons (Fsp3) is 0.571. The van der Waals surface area contributed by atoms with Gasteiger partial charge in [-0.05, 0) is 60.4 Å². The molecule has 1 aliphatic heterocycles. The molecule has 1 saturated heterocycles. The maximum Gasteiger partial charge on any atom is 0.0501 e. The van der Waals surface area contributed by atoms with Gasteiger partial charge in [0.2, 0.25) is 0 Å². The van der Waals surface area contributed by atoms with E-state index in [9.17, 15) is 0 Å². The van der Waals surface area contributed by atoms with Crippen LogP contribution in [0.2, 0.25) is 5.02 Å². The third-order valence-corrected chi connectivity index (χ3v) is 4.81. The van der Waals surface area contributed by atoms with Crippen molar-refractivity contribution in [2.24, 2.45) is 5.92 Å². The van der Waals surface area contributed by atoms with E-state index in [1.807, 2.05) is 18.2 Å².